The number of carbonyl (C=O) groups is 1. The molecule has 0 radical (unpaired) electrons. The van der Waals surface area contributed by atoms with Crippen LogP contribution in [0.15, 0.2) is 53.5 Å². The van der Waals surface area contributed by atoms with Crippen molar-refractivity contribution < 1.29 is 13.9 Å². The van der Waals surface area contributed by atoms with Gasteiger partial charge in [-0.1, -0.05) is 17.7 Å². The Morgan fingerprint density at radius 1 is 1.16 bits per heavy atom. The molecule has 0 bridgehead atoms. The van der Waals surface area contributed by atoms with E-state index in [9.17, 15) is 9.18 Å². The quantitative estimate of drug-likeness (QED) is 0.497. The molecule has 4 rings (SSSR count). The SMILES string of the molecule is C=Nc1ccc(F)cc1/C(=C\C)C1C[C@H]2CC(OC(=O)Nc3ccc(Cl)cc3)C[C@H]2C1. The van der Waals surface area contributed by atoms with Crippen LogP contribution in [0, 0.1) is 23.6 Å². The van der Waals surface area contributed by atoms with Crippen LogP contribution in [0.25, 0.3) is 5.57 Å². The molecule has 1 N–H and O–H groups in total. The second kappa shape index (κ2) is 9.23. The molecular formula is C25H26ClFN2O2. The van der Waals surface area contributed by atoms with E-state index in [0.29, 0.717) is 34.2 Å². The molecule has 0 heterocycles. The van der Waals surface area contributed by atoms with Crippen LogP contribution in [0.4, 0.5) is 20.6 Å². The summed E-state index contributed by atoms with van der Waals surface area (Å²) in [5, 5.41) is 3.37. The number of carbonyl (C=O) groups excluding carboxylic acids is 1. The maximum absolute atomic E-state index is 13.9. The third kappa shape index (κ3) is 4.82. The van der Waals surface area contributed by atoms with E-state index in [1.165, 1.54) is 6.07 Å². The number of fused-ring (bicyclic) bond motifs is 1. The number of nitrogens with zero attached hydrogens (tertiary/aromatic N) is 1. The first-order valence-corrected chi connectivity index (χ1v) is 11.0. The van der Waals surface area contributed by atoms with Crippen LogP contribution >= 0.6 is 11.6 Å². The Morgan fingerprint density at radius 3 is 2.45 bits per heavy atom. The van der Waals surface area contributed by atoms with Gasteiger partial charge < -0.3 is 4.74 Å². The minimum Gasteiger partial charge on any atom is -0.446 e. The molecule has 2 unspecified atom stereocenters. The Balaban J connectivity index is 1.35. The molecule has 1 amide bonds. The van der Waals surface area contributed by atoms with Crippen LogP contribution in [-0.4, -0.2) is 18.9 Å². The van der Waals surface area contributed by atoms with Crippen LogP contribution in [-0.2, 0) is 4.74 Å². The van der Waals surface area contributed by atoms with Gasteiger partial charge in [0, 0.05) is 16.3 Å². The second-order valence-corrected chi connectivity index (χ2v) is 8.82. The van der Waals surface area contributed by atoms with Crippen molar-refractivity contribution in [2.24, 2.45) is 22.7 Å². The van der Waals surface area contributed by atoms with E-state index in [2.05, 4.69) is 23.1 Å². The van der Waals surface area contributed by atoms with Gasteiger partial charge in [0.25, 0.3) is 0 Å². The molecular weight excluding hydrogens is 415 g/mol. The molecule has 162 valence electrons. The van der Waals surface area contributed by atoms with Crippen molar-refractivity contribution in [3.05, 3.63) is 64.9 Å². The van der Waals surface area contributed by atoms with Gasteiger partial charge in [0.15, 0.2) is 0 Å². The molecule has 4 atom stereocenters. The van der Waals surface area contributed by atoms with E-state index in [-0.39, 0.29) is 11.9 Å². The van der Waals surface area contributed by atoms with Crippen LogP contribution in [0.1, 0.15) is 38.2 Å². The molecule has 6 heteroatoms. The number of amides is 1. The number of allylic oxidation sites excluding steroid dienone is 2. The highest BCUT2D eigenvalue weighted by atomic mass is 35.5. The number of nitrogens with one attached hydrogen (secondary N) is 1. The van der Waals surface area contributed by atoms with Crippen molar-refractivity contribution in [1.82, 2.24) is 0 Å². The van der Waals surface area contributed by atoms with Gasteiger partial charge in [-0.3, -0.25) is 10.3 Å². The molecule has 0 aliphatic heterocycles. The summed E-state index contributed by atoms with van der Waals surface area (Å²) >= 11 is 5.87. The van der Waals surface area contributed by atoms with Crippen molar-refractivity contribution in [1.29, 1.82) is 0 Å². The molecule has 0 saturated heterocycles. The standard InChI is InChI=1S/C25H26ClFN2O2/c1-3-22(23-14-19(27)6-9-24(23)28-2)17-10-15-12-21(13-16(15)11-17)31-25(30)29-20-7-4-18(26)5-8-20/h3-9,14-17,21H,2,10-13H2,1H3,(H,29,30)/b22-3-/t15-,16+,17?,21?. The maximum atomic E-state index is 13.9. The first-order chi connectivity index (χ1) is 15.0. The lowest BCUT2D eigenvalue weighted by atomic mass is 9.88. The molecule has 2 saturated carbocycles. The topological polar surface area (TPSA) is 50.7 Å². The van der Waals surface area contributed by atoms with E-state index in [1.54, 1.807) is 36.4 Å². The van der Waals surface area contributed by atoms with Crippen LogP contribution in [0.3, 0.4) is 0 Å². The molecule has 0 aromatic heterocycles. The second-order valence-electron chi connectivity index (χ2n) is 8.38. The number of ether oxygens (including phenoxy) is 1. The number of benzene rings is 2. The van der Waals surface area contributed by atoms with Crippen molar-refractivity contribution in [3.8, 4) is 0 Å². The lowest BCUT2D eigenvalue weighted by molar-refractivity contribution is 0.109. The van der Waals surface area contributed by atoms with E-state index in [1.807, 2.05) is 6.92 Å². The van der Waals surface area contributed by atoms with Crippen LogP contribution in [0.2, 0.25) is 5.02 Å². The average Bonchev–Trinajstić information content (AvgIpc) is 3.29. The van der Waals surface area contributed by atoms with E-state index < -0.39 is 6.09 Å². The fourth-order valence-electron chi connectivity index (χ4n) is 5.23. The smallest absolute Gasteiger partial charge is 0.411 e. The van der Waals surface area contributed by atoms with Crippen LogP contribution in [0.5, 0.6) is 0 Å². The van der Waals surface area contributed by atoms with Gasteiger partial charge in [-0.15, -0.1) is 0 Å². The summed E-state index contributed by atoms with van der Waals surface area (Å²) in [6.45, 7) is 5.63. The molecule has 2 aromatic carbocycles. The fraction of sp³-hybridized carbons (Fsp3) is 0.360. The third-order valence-electron chi connectivity index (χ3n) is 6.53. The Labute approximate surface area is 187 Å². The predicted octanol–water partition coefficient (Wildman–Crippen LogP) is 7.27. The molecule has 2 aliphatic carbocycles. The highest BCUT2D eigenvalue weighted by molar-refractivity contribution is 6.30. The minimum atomic E-state index is -0.431. The summed E-state index contributed by atoms with van der Waals surface area (Å²) in [6, 6.07) is 11.6. The van der Waals surface area contributed by atoms with Gasteiger partial charge in [0.1, 0.15) is 11.9 Å². The number of anilines is 1. The normalized spacial score (nSPS) is 25.2. The van der Waals surface area contributed by atoms with E-state index >= 15 is 0 Å². The summed E-state index contributed by atoms with van der Waals surface area (Å²) in [5.41, 5.74) is 3.34. The van der Waals surface area contributed by atoms with Crippen molar-refractivity contribution in [2.75, 3.05) is 5.32 Å². The van der Waals surface area contributed by atoms with Gasteiger partial charge in [0.05, 0.1) is 5.69 Å². The highest BCUT2D eigenvalue weighted by Gasteiger charge is 2.44. The van der Waals surface area contributed by atoms with Gasteiger partial charge >= 0.3 is 6.09 Å². The first kappa shape index (κ1) is 21.6. The number of hydrogen-bond acceptors (Lipinski definition) is 3. The number of rotatable bonds is 5. The molecule has 0 spiro atoms. The monoisotopic (exact) mass is 440 g/mol. The fourth-order valence-corrected chi connectivity index (χ4v) is 5.36. The summed E-state index contributed by atoms with van der Waals surface area (Å²) < 4.78 is 19.6. The van der Waals surface area contributed by atoms with E-state index in [0.717, 1.165) is 36.8 Å². The molecule has 2 aromatic rings. The number of aliphatic imine (C=N–C) groups is 1. The zero-order chi connectivity index (χ0) is 22.0. The minimum absolute atomic E-state index is 0.0723. The van der Waals surface area contributed by atoms with Crippen molar-refractivity contribution >= 4 is 41.4 Å². The lowest BCUT2D eigenvalue weighted by Crippen LogP contribution is -2.21. The summed E-state index contributed by atoms with van der Waals surface area (Å²) in [4.78, 5) is 16.3. The third-order valence-corrected chi connectivity index (χ3v) is 6.78. The largest absolute Gasteiger partial charge is 0.446 e. The molecule has 2 fully saturated rings. The molecule has 31 heavy (non-hydrogen) atoms. The molecule has 2 aliphatic rings. The Kier molecular flexibility index (Phi) is 6.42. The lowest BCUT2D eigenvalue weighted by Gasteiger charge is -2.20. The number of hydrogen-bond donors (Lipinski definition) is 1. The van der Waals surface area contributed by atoms with Gasteiger partial charge in [-0.2, -0.15) is 0 Å². The molecule has 4 nitrogen and oxygen atoms in total. The first-order valence-electron chi connectivity index (χ1n) is 10.6. The van der Waals surface area contributed by atoms with Gasteiger partial charge in [-0.25, -0.2) is 9.18 Å². The Morgan fingerprint density at radius 2 is 1.84 bits per heavy atom. The summed E-state index contributed by atoms with van der Waals surface area (Å²) in [5.74, 6) is 1.09. The summed E-state index contributed by atoms with van der Waals surface area (Å²) in [6.07, 6.45) is 5.31. The average molecular weight is 441 g/mol. The Hall–Kier alpha value is -2.66. The van der Waals surface area contributed by atoms with Crippen molar-refractivity contribution in [3.63, 3.8) is 0 Å². The van der Waals surface area contributed by atoms with Gasteiger partial charge in [0.2, 0.25) is 0 Å². The van der Waals surface area contributed by atoms with E-state index in [4.69, 9.17) is 16.3 Å². The van der Waals surface area contributed by atoms with Crippen molar-refractivity contribution in [2.45, 2.75) is 38.7 Å². The highest BCUT2D eigenvalue weighted by Crippen LogP contribution is 2.52. The zero-order valence-electron chi connectivity index (χ0n) is 17.5. The predicted molar refractivity (Wildman–Crippen MR) is 124 cm³/mol. The summed E-state index contributed by atoms with van der Waals surface area (Å²) in [7, 11) is 0. The maximum Gasteiger partial charge on any atom is 0.411 e. The van der Waals surface area contributed by atoms with Crippen LogP contribution < -0.4 is 5.32 Å². The Bertz CT molecular complexity index is 991. The van der Waals surface area contributed by atoms with Gasteiger partial charge in [-0.05, 0) is 105 Å². The number of halogens is 2. The zero-order valence-corrected chi connectivity index (χ0v) is 18.2.